The van der Waals surface area contributed by atoms with Gasteiger partial charge in [-0.3, -0.25) is 4.79 Å². The number of anilines is 1. The Morgan fingerprint density at radius 2 is 1.82 bits per heavy atom. The molecule has 1 saturated carbocycles. The molecule has 0 saturated heterocycles. The summed E-state index contributed by atoms with van der Waals surface area (Å²) in [6.45, 7) is 1.60. The summed E-state index contributed by atoms with van der Waals surface area (Å²) < 4.78 is 0. The summed E-state index contributed by atoms with van der Waals surface area (Å²) in [7, 11) is 0. The second-order valence-corrected chi connectivity index (χ2v) is 8.91. The molecule has 2 atom stereocenters. The van der Waals surface area contributed by atoms with Gasteiger partial charge < -0.3 is 10.2 Å². The predicted molar refractivity (Wildman–Crippen MR) is 115 cm³/mol. The van der Waals surface area contributed by atoms with Crippen molar-refractivity contribution in [2.45, 2.75) is 25.3 Å². The number of benzene rings is 2. The minimum Gasteiger partial charge on any atom is -0.321 e. The van der Waals surface area contributed by atoms with Crippen molar-refractivity contribution in [3.8, 4) is 11.1 Å². The maximum atomic E-state index is 13.0. The first-order valence-corrected chi connectivity index (χ1v) is 11.0. The first-order chi connectivity index (χ1) is 13.8. The number of quaternary nitrogens is 1. The number of amides is 1. The average Bonchev–Trinajstić information content (AvgIpc) is 3.45. The highest BCUT2D eigenvalue weighted by Gasteiger charge is 2.43. The Labute approximate surface area is 170 Å². The second-order valence-electron chi connectivity index (χ2n) is 7.91. The molecule has 3 nitrogen and oxygen atoms in total. The standard InChI is InChI=1S/C24H24N2OS/c27-23(25-21-9-5-4-8-19(21)17-6-2-1-3-7-17)16-26-14-12-22-20(13-15-28-22)24(26)18-10-11-18/h1-9,13,15,18,24H,10-12,14,16H2,(H,25,27)/p+1/t24-/m0/s1. The van der Waals surface area contributed by atoms with Crippen LogP contribution in [0.4, 0.5) is 5.69 Å². The molecular weight excluding hydrogens is 364 g/mol. The van der Waals surface area contributed by atoms with E-state index in [2.05, 4.69) is 35.0 Å². The van der Waals surface area contributed by atoms with E-state index >= 15 is 0 Å². The van der Waals surface area contributed by atoms with Crippen molar-refractivity contribution in [3.63, 3.8) is 0 Å². The van der Waals surface area contributed by atoms with E-state index in [-0.39, 0.29) is 5.91 Å². The van der Waals surface area contributed by atoms with Crippen LogP contribution in [0.5, 0.6) is 0 Å². The lowest BCUT2D eigenvalue weighted by Gasteiger charge is -2.32. The maximum absolute atomic E-state index is 13.0. The second kappa shape index (κ2) is 7.53. The summed E-state index contributed by atoms with van der Waals surface area (Å²) >= 11 is 1.88. The quantitative estimate of drug-likeness (QED) is 0.681. The molecule has 1 amide bonds. The molecule has 0 radical (unpaired) electrons. The van der Waals surface area contributed by atoms with Crippen LogP contribution in [0.25, 0.3) is 11.1 Å². The Kier molecular flexibility index (Phi) is 4.75. The monoisotopic (exact) mass is 389 g/mol. The summed E-state index contributed by atoms with van der Waals surface area (Å²) in [5.41, 5.74) is 4.60. The number of thiophene rings is 1. The van der Waals surface area contributed by atoms with E-state index in [1.807, 2.05) is 47.7 Å². The van der Waals surface area contributed by atoms with E-state index in [4.69, 9.17) is 0 Å². The van der Waals surface area contributed by atoms with Gasteiger partial charge in [0.2, 0.25) is 0 Å². The van der Waals surface area contributed by atoms with Crippen molar-refractivity contribution in [2.75, 3.05) is 18.4 Å². The van der Waals surface area contributed by atoms with Crippen LogP contribution in [0.15, 0.2) is 66.0 Å². The first-order valence-electron chi connectivity index (χ1n) is 10.1. The van der Waals surface area contributed by atoms with E-state index in [9.17, 15) is 4.79 Å². The van der Waals surface area contributed by atoms with E-state index in [0.717, 1.165) is 35.7 Å². The number of rotatable bonds is 5. The molecule has 1 aliphatic carbocycles. The van der Waals surface area contributed by atoms with Crippen molar-refractivity contribution in [3.05, 3.63) is 76.5 Å². The summed E-state index contributed by atoms with van der Waals surface area (Å²) in [5.74, 6) is 0.871. The molecule has 0 bridgehead atoms. The molecule has 28 heavy (non-hydrogen) atoms. The average molecular weight is 390 g/mol. The fraction of sp³-hybridized carbons (Fsp3) is 0.292. The van der Waals surface area contributed by atoms with Gasteiger partial charge in [-0.1, -0.05) is 48.5 Å². The summed E-state index contributed by atoms with van der Waals surface area (Å²) in [4.78, 5) is 15.9. The number of nitrogens with one attached hydrogen (secondary N) is 2. The molecule has 2 aromatic carbocycles. The van der Waals surface area contributed by atoms with Gasteiger partial charge in [0.1, 0.15) is 6.04 Å². The highest BCUT2D eigenvalue weighted by Crippen LogP contribution is 2.42. The minimum atomic E-state index is 0.114. The Bertz CT molecular complexity index is 977. The van der Waals surface area contributed by atoms with Gasteiger partial charge in [-0.15, -0.1) is 11.3 Å². The Morgan fingerprint density at radius 1 is 1.04 bits per heavy atom. The fourth-order valence-corrected chi connectivity index (χ4v) is 5.49. The summed E-state index contributed by atoms with van der Waals surface area (Å²) in [6, 6.07) is 21.1. The van der Waals surface area contributed by atoms with Crippen molar-refractivity contribution < 1.29 is 9.69 Å². The molecule has 142 valence electrons. The molecular formula is C24H25N2OS+. The van der Waals surface area contributed by atoms with Crippen molar-refractivity contribution >= 4 is 22.9 Å². The number of hydrogen-bond donors (Lipinski definition) is 2. The predicted octanol–water partition coefficient (Wildman–Crippen LogP) is 3.95. The van der Waals surface area contributed by atoms with Gasteiger partial charge in [0.05, 0.1) is 6.54 Å². The zero-order valence-electron chi connectivity index (χ0n) is 15.9. The van der Waals surface area contributed by atoms with Crippen molar-refractivity contribution in [1.82, 2.24) is 0 Å². The molecule has 4 heteroatoms. The fourth-order valence-electron chi connectivity index (χ4n) is 4.56. The summed E-state index contributed by atoms with van der Waals surface area (Å²) in [6.07, 6.45) is 3.71. The lowest BCUT2D eigenvalue weighted by atomic mass is 9.96. The molecule has 0 spiro atoms. The zero-order valence-corrected chi connectivity index (χ0v) is 16.7. The van der Waals surface area contributed by atoms with Gasteiger partial charge in [-0.25, -0.2) is 0 Å². The van der Waals surface area contributed by atoms with Crippen LogP contribution in [0.3, 0.4) is 0 Å². The van der Waals surface area contributed by atoms with E-state index in [1.165, 1.54) is 28.2 Å². The zero-order chi connectivity index (χ0) is 18.9. The summed E-state index contributed by atoms with van der Waals surface area (Å²) in [5, 5.41) is 5.42. The molecule has 2 aliphatic rings. The third kappa shape index (κ3) is 3.50. The largest absolute Gasteiger partial charge is 0.321 e. The highest BCUT2D eigenvalue weighted by atomic mass is 32.1. The molecule has 2 heterocycles. The number of fused-ring (bicyclic) bond motifs is 1. The van der Waals surface area contributed by atoms with Crippen LogP contribution < -0.4 is 10.2 Å². The molecule has 2 N–H and O–H groups in total. The van der Waals surface area contributed by atoms with E-state index < -0.39 is 0 Å². The van der Waals surface area contributed by atoms with Gasteiger partial charge >= 0.3 is 0 Å². The van der Waals surface area contributed by atoms with Gasteiger partial charge in [0.25, 0.3) is 5.91 Å². The third-order valence-corrected chi connectivity index (χ3v) is 6.99. The lowest BCUT2D eigenvalue weighted by molar-refractivity contribution is -0.928. The van der Waals surface area contributed by atoms with Gasteiger partial charge in [-0.05, 0) is 35.9 Å². The smallest absolute Gasteiger partial charge is 0.279 e. The Hall–Kier alpha value is -2.43. The topological polar surface area (TPSA) is 33.5 Å². The van der Waals surface area contributed by atoms with Gasteiger partial charge in [0.15, 0.2) is 6.54 Å². The molecule has 1 fully saturated rings. The van der Waals surface area contributed by atoms with Crippen LogP contribution in [-0.4, -0.2) is 19.0 Å². The van der Waals surface area contributed by atoms with E-state index in [1.54, 1.807) is 0 Å². The molecule has 3 aromatic rings. The van der Waals surface area contributed by atoms with E-state index in [0.29, 0.717) is 12.6 Å². The van der Waals surface area contributed by atoms with Crippen LogP contribution in [0.2, 0.25) is 0 Å². The first kappa shape index (κ1) is 17.7. The molecule has 1 unspecified atom stereocenters. The van der Waals surface area contributed by atoms with Crippen LogP contribution in [-0.2, 0) is 11.2 Å². The Balaban J connectivity index is 1.34. The molecule has 1 aliphatic heterocycles. The van der Waals surface area contributed by atoms with Crippen LogP contribution in [0.1, 0.15) is 29.3 Å². The highest BCUT2D eigenvalue weighted by molar-refractivity contribution is 7.10. The molecule has 5 rings (SSSR count). The number of para-hydroxylation sites is 1. The minimum absolute atomic E-state index is 0.114. The maximum Gasteiger partial charge on any atom is 0.279 e. The normalized spacial score (nSPS) is 21.1. The van der Waals surface area contributed by atoms with Crippen LogP contribution in [0, 0.1) is 5.92 Å². The number of carbonyl (C=O) groups is 1. The SMILES string of the molecule is O=C(C[NH+]1CCc2sccc2[C@@H]1C1CC1)Nc1ccccc1-c1ccccc1. The van der Waals surface area contributed by atoms with Crippen molar-refractivity contribution in [1.29, 1.82) is 0 Å². The van der Waals surface area contributed by atoms with Crippen LogP contribution >= 0.6 is 11.3 Å². The van der Waals surface area contributed by atoms with Crippen molar-refractivity contribution in [2.24, 2.45) is 5.92 Å². The number of hydrogen-bond acceptors (Lipinski definition) is 2. The van der Waals surface area contributed by atoms with Gasteiger partial charge in [0, 0.05) is 34.0 Å². The molecule has 1 aromatic heterocycles. The lowest BCUT2D eigenvalue weighted by Crippen LogP contribution is -3.14. The van der Waals surface area contributed by atoms with Gasteiger partial charge in [-0.2, -0.15) is 0 Å². The third-order valence-electron chi connectivity index (χ3n) is 5.99. The Morgan fingerprint density at radius 3 is 2.64 bits per heavy atom. The number of carbonyl (C=O) groups excluding carboxylic acids is 1.